The lowest BCUT2D eigenvalue weighted by atomic mass is 10.2. The summed E-state index contributed by atoms with van der Waals surface area (Å²) in [6.07, 6.45) is 4.28. The molecule has 1 aliphatic rings. The topological polar surface area (TPSA) is 54.5 Å². The molecule has 1 aromatic heterocycles. The fraction of sp³-hybridized carbons (Fsp3) is 0.158. The molecule has 0 bridgehead atoms. The van der Waals surface area contributed by atoms with Crippen molar-refractivity contribution in [2.45, 2.75) is 0 Å². The van der Waals surface area contributed by atoms with E-state index in [9.17, 15) is 4.79 Å². The van der Waals surface area contributed by atoms with Gasteiger partial charge in [-0.25, -0.2) is 4.98 Å². The predicted octanol–water partition coefficient (Wildman–Crippen LogP) is 3.93. The molecule has 1 aliphatic heterocycles. The minimum Gasteiger partial charge on any atom is -0.497 e. The number of anilines is 2. The monoisotopic (exact) mass is 351 g/mol. The van der Waals surface area contributed by atoms with E-state index in [1.807, 2.05) is 42.5 Å². The molecule has 25 heavy (non-hydrogen) atoms. The zero-order chi connectivity index (χ0) is 17.2. The highest BCUT2D eigenvalue weighted by molar-refractivity contribution is 7.22. The quantitative estimate of drug-likeness (QED) is 0.724. The zero-order valence-electron chi connectivity index (χ0n) is 13.7. The van der Waals surface area contributed by atoms with Gasteiger partial charge in [-0.3, -0.25) is 10.1 Å². The third-order valence-electron chi connectivity index (χ3n) is 4.13. The highest BCUT2D eigenvalue weighted by Gasteiger charge is 2.12. The van der Waals surface area contributed by atoms with Gasteiger partial charge in [0.15, 0.2) is 5.13 Å². The number of carbonyl (C=O) groups is 1. The molecule has 2 heterocycles. The maximum atomic E-state index is 12.5. The third-order valence-corrected chi connectivity index (χ3v) is 5.06. The summed E-state index contributed by atoms with van der Waals surface area (Å²) in [4.78, 5) is 19.1. The molecule has 2 aromatic carbocycles. The Kier molecular flexibility index (Phi) is 4.11. The van der Waals surface area contributed by atoms with Crippen LogP contribution in [-0.2, 0) is 0 Å². The van der Waals surface area contributed by atoms with Crippen LogP contribution in [0.15, 0.2) is 54.6 Å². The van der Waals surface area contributed by atoms with Gasteiger partial charge < -0.3 is 9.64 Å². The first kappa shape index (κ1) is 15.7. The van der Waals surface area contributed by atoms with Crippen molar-refractivity contribution in [2.75, 3.05) is 30.4 Å². The second kappa shape index (κ2) is 6.57. The number of methoxy groups -OCH3 is 1. The molecule has 4 rings (SSSR count). The Morgan fingerprint density at radius 1 is 1.16 bits per heavy atom. The van der Waals surface area contributed by atoms with Crippen molar-refractivity contribution in [1.29, 1.82) is 0 Å². The molecule has 126 valence electrons. The number of hydrogen-bond donors (Lipinski definition) is 1. The van der Waals surface area contributed by atoms with Gasteiger partial charge in [-0.05, 0) is 42.5 Å². The van der Waals surface area contributed by atoms with Crippen LogP contribution < -0.4 is 15.0 Å². The molecule has 0 spiro atoms. The van der Waals surface area contributed by atoms with E-state index in [4.69, 9.17) is 4.74 Å². The Morgan fingerprint density at radius 3 is 2.64 bits per heavy atom. The lowest BCUT2D eigenvalue weighted by molar-refractivity contribution is 0.102. The summed E-state index contributed by atoms with van der Waals surface area (Å²) in [5.41, 5.74) is 2.58. The highest BCUT2D eigenvalue weighted by Crippen LogP contribution is 2.29. The lowest BCUT2D eigenvalue weighted by Gasteiger charge is -2.17. The van der Waals surface area contributed by atoms with Gasteiger partial charge >= 0.3 is 0 Å². The van der Waals surface area contributed by atoms with E-state index in [1.165, 1.54) is 11.3 Å². The Bertz CT molecular complexity index is 939. The second-order valence-corrected chi connectivity index (χ2v) is 6.76. The first-order chi connectivity index (χ1) is 12.2. The van der Waals surface area contributed by atoms with Gasteiger partial charge in [-0.1, -0.05) is 23.5 Å². The van der Waals surface area contributed by atoms with Crippen LogP contribution in [-0.4, -0.2) is 31.1 Å². The molecule has 0 aliphatic carbocycles. The Morgan fingerprint density at radius 2 is 1.92 bits per heavy atom. The summed E-state index contributed by atoms with van der Waals surface area (Å²) in [6, 6.07) is 13.3. The maximum absolute atomic E-state index is 12.5. The van der Waals surface area contributed by atoms with Crippen LogP contribution in [0.1, 0.15) is 10.4 Å². The minimum absolute atomic E-state index is 0.155. The number of fused-ring (bicyclic) bond motifs is 1. The summed E-state index contributed by atoms with van der Waals surface area (Å²) >= 11 is 1.43. The molecule has 0 radical (unpaired) electrons. The average molecular weight is 351 g/mol. The summed E-state index contributed by atoms with van der Waals surface area (Å²) < 4.78 is 6.20. The molecular weight excluding hydrogens is 334 g/mol. The lowest BCUT2D eigenvalue weighted by Crippen LogP contribution is -2.18. The van der Waals surface area contributed by atoms with Crippen LogP contribution in [0.4, 0.5) is 10.8 Å². The number of nitrogens with zero attached hydrogens (tertiary/aromatic N) is 2. The normalized spacial score (nSPS) is 13.4. The SMILES string of the molecule is COc1ccc2nc(NC(=O)c3ccc(N4CC=CC4)cc3)sc2c1. The van der Waals surface area contributed by atoms with Crippen molar-refractivity contribution >= 4 is 38.3 Å². The standard InChI is InChI=1S/C19H17N3O2S/c1-24-15-8-9-16-17(12-15)25-19(20-16)21-18(23)13-4-6-14(7-5-13)22-10-2-3-11-22/h2-9,12H,10-11H2,1H3,(H,20,21,23). The Labute approximate surface area is 149 Å². The molecule has 1 amide bonds. The maximum Gasteiger partial charge on any atom is 0.257 e. The van der Waals surface area contributed by atoms with Gasteiger partial charge in [-0.15, -0.1) is 0 Å². The molecule has 6 heteroatoms. The highest BCUT2D eigenvalue weighted by atomic mass is 32.1. The van der Waals surface area contributed by atoms with E-state index in [-0.39, 0.29) is 5.91 Å². The van der Waals surface area contributed by atoms with Crippen molar-refractivity contribution in [3.05, 3.63) is 60.2 Å². The van der Waals surface area contributed by atoms with Crippen molar-refractivity contribution < 1.29 is 9.53 Å². The fourth-order valence-electron chi connectivity index (χ4n) is 2.77. The van der Waals surface area contributed by atoms with Crippen LogP contribution in [0.5, 0.6) is 5.75 Å². The van der Waals surface area contributed by atoms with Crippen LogP contribution in [0.25, 0.3) is 10.2 Å². The molecule has 5 nitrogen and oxygen atoms in total. The molecule has 1 N–H and O–H groups in total. The number of amides is 1. The van der Waals surface area contributed by atoms with Crippen molar-refractivity contribution in [2.24, 2.45) is 0 Å². The minimum atomic E-state index is -0.155. The molecule has 0 saturated carbocycles. The number of carbonyl (C=O) groups excluding carboxylic acids is 1. The molecule has 0 saturated heterocycles. The van der Waals surface area contributed by atoms with Crippen molar-refractivity contribution in [3.63, 3.8) is 0 Å². The predicted molar refractivity (Wildman–Crippen MR) is 102 cm³/mol. The molecule has 0 atom stereocenters. The molecule has 3 aromatic rings. The van der Waals surface area contributed by atoms with E-state index in [1.54, 1.807) is 7.11 Å². The van der Waals surface area contributed by atoms with E-state index in [0.717, 1.165) is 34.7 Å². The Balaban J connectivity index is 1.49. The van der Waals surface area contributed by atoms with Crippen LogP contribution >= 0.6 is 11.3 Å². The zero-order valence-corrected chi connectivity index (χ0v) is 14.5. The van der Waals surface area contributed by atoms with Gasteiger partial charge in [0.1, 0.15) is 5.75 Å². The average Bonchev–Trinajstić information content (AvgIpc) is 3.30. The number of rotatable bonds is 4. The molecular formula is C19H17N3O2S. The Hall–Kier alpha value is -2.86. The van der Waals surface area contributed by atoms with Gasteiger partial charge in [0.25, 0.3) is 5.91 Å². The smallest absolute Gasteiger partial charge is 0.257 e. The molecule has 0 unspecified atom stereocenters. The first-order valence-corrected chi connectivity index (χ1v) is 8.80. The van der Waals surface area contributed by atoms with Gasteiger partial charge in [0, 0.05) is 24.3 Å². The van der Waals surface area contributed by atoms with Gasteiger partial charge in [0.05, 0.1) is 17.3 Å². The number of benzene rings is 2. The number of nitrogens with one attached hydrogen (secondary N) is 1. The first-order valence-electron chi connectivity index (χ1n) is 7.99. The van der Waals surface area contributed by atoms with E-state index < -0.39 is 0 Å². The summed E-state index contributed by atoms with van der Waals surface area (Å²) in [5, 5.41) is 3.46. The third kappa shape index (κ3) is 3.21. The van der Waals surface area contributed by atoms with Crippen LogP contribution in [0.3, 0.4) is 0 Å². The summed E-state index contributed by atoms with van der Waals surface area (Å²) in [7, 11) is 1.63. The van der Waals surface area contributed by atoms with Crippen molar-refractivity contribution in [3.8, 4) is 5.75 Å². The summed E-state index contributed by atoms with van der Waals surface area (Å²) in [6.45, 7) is 1.83. The number of aromatic nitrogens is 1. The number of ether oxygens (including phenoxy) is 1. The largest absolute Gasteiger partial charge is 0.497 e. The number of thiazole rings is 1. The van der Waals surface area contributed by atoms with Crippen LogP contribution in [0.2, 0.25) is 0 Å². The fourth-order valence-corrected chi connectivity index (χ4v) is 3.66. The van der Waals surface area contributed by atoms with E-state index >= 15 is 0 Å². The molecule has 0 fully saturated rings. The van der Waals surface area contributed by atoms with Gasteiger partial charge in [-0.2, -0.15) is 0 Å². The van der Waals surface area contributed by atoms with Crippen LogP contribution in [0, 0.1) is 0 Å². The number of hydrogen-bond acceptors (Lipinski definition) is 5. The summed E-state index contributed by atoms with van der Waals surface area (Å²) in [5.74, 6) is 0.623. The van der Waals surface area contributed by atoms with E-state index in [2.05, 4.69) is 27.4 Å². The van der Waals surface area contributed by atoms with Crippen molar-refractivity contribution in [1.82, 2.24) is 4.98 Å². The van der Waals surface area contributed by atoms with Gasteiger partial charge in [0.2, 0.25) is 0 Å². The van der Waals surface area contributed by atoms with E-state index in [0.29, 0.717) is 10.7 Å². The second-order valence-electron chi connectivity index (χ2n) is 5.73.